The molecule has 0 atom stereocenters. The van der Waals surface area contributed by atoms with Gasteiger partial charge in [-0.15, -0.1) is 35.3 Å². The molecule has 2 aromatic rings. The average Bonchev–Trinajstić information content (AvgIpc) is 3.07. The summed E-state index contributed by atoms with van der Waals surface area (Å²) >= 11 is 7.47. The van der Waals surface area contributed by atoms with E-state index < -0.39 is 10.0 Å². The Hall–Kier alpha value is -0.880. The summed E-state index contributed by atoms with van der Waals surface area (Å²) in [7, 11) is 3.30. The molecule has 150 valence electrons. The monoisotopic (exact) mass is 542 g/mol. The van der Waals surface area contributed by atoms with Gasteiger partial charge in [0.1, 0.15) is 4.21 Å². The number of sulfonamides is 1. The molecule has 2 rings (SSSR count). The van der Waals surface area contributed by atoms with Crippen LogP contribution in [0.5, 0.6) is 0 Å². The first-order chi connectivity index (χ1) is 12.3. The quantitative estimate of drug-likeness (QED) is 0.345. The van der Waals surface area contributed by atoms with Gasteiger partial charge in [0, 0.05) is 44.6 Å². The van der Waals surface area contributed by atoms with Crippen LogP contribution in [0.4, 0.5) is 0 Å². The van der Waals surface area contributed by atoms with E-state index in [1.807, 2.05) is 42.3 Å². The van der Waals surface area contributed by atoms with Gasteiger partial charge in [0.2, 0.25) is 0 Å². The molecule has 0 saturated carbocycles. The van der Waals surface area contributed by atoms with Crippen molar-refractivity contribution in [3.05, 3.63) is 51.9 Å². The lowest BCUT2D eigenvalue weighted by molar-refractivity contribution is 0.477. The van der Waals surface area contributed by atoms with E-state index in [0.717, 1.165) is 10.4 Å². The van der Waals surface area contributed by atoms with Crippen LogP contribution in [-0.4, -0.2) is 51.8 Å². The van der Waals surface area contributed by atoms with Crippen molar-refractivity contribution in [2.45, 2.75) is 17.3 Å². The first-order valence-electron chi connectivity index (χ1n) is 7.92. The summed E-state index contributed by atoms with van der Waals surface area (Å²) in [5, 5.41) is 3.97. The molecule has 6 nitrogen and oxygen atoms in total. The molecule has 0 amide bonds. The standard InChI is InChI=1S/C17H23ClN4O2S2.HI/c1-19-17(22(4)12-13-7-5-6-8-15(13)18)20-11-14-9-10-16(25-14)26(23,24)21(2)3;/h5-10H,11-12H2,1-4H3,(H,19,20);1H. The Labute approximate surface area is 187 Å². The van der Waals surface area contributed by atoms with Crippen LogP contribution in [-0.2, 0) is 23.1 Å². The van der Waals surface area contributed by atoms with Crippen LogP contribution in [0.1, 0.15) is 10.4 Å². The maximum absolute atomic E-state index is 12.2. The number of nitrogens with zero attached hydrogens (tertiary/aromatic N) is 3. The highest BCUT2D eigenvalue weighted by molar-refractivity contribution is 14.0. The summed E-state index contributed by atoms with van der Waals surface area (Å²) in [4.78, 5) is 7.16. The summed E-state index contributed by atoms with van der Waals surface area (Å²) in [6.07, 6.45) is 0. The summed E-state index contributed by atoms with van der Waals surface area (Å²) in [5.41, 5.74) is 1.01. The highest BCUT2D eigenvalue weighted by atomic mass is 127. The molecule has 0 aliphatic carbocycles. The van der Waals surface area contributed by atoms with Crippen LogP contribution in [0, 0.1) is 0 Å². The van der Waals surface area contributed by atoms with Crippen LogP contribution >= 0.6 is 46.9 Å². The lowest BCUT2D eigenvalue weighted by atomic mass is 10.2. The molecule has 10 heteroatoms. The molecule has 1 N–H and O–H groups in total. The van der Waals surface area contributed by atoms with Crippen molar-refractivity contribution >= 4 is 62.9 Å². The molecule has 0 spiro atoms. The van der Waals surface area contributed by atoms with Crippen LogP contribution in [0.2, 0.25) is 5.02 Å². The van der Waals surface area contributed by atoms with Crippen molar-refractivity contribution in [1.29, 1.82) is 0 Å². The molecule has 27 heavy (non-hydrogen) atoms. The Bertz CT molecular complexity index is 885. The van der Waals surface area contributed by atoms with Gasteiger partial charge >= 0.3 is 0 Å². The molecular formula is C17H24ClIN4O2S2. The first-order valence-corrected chi connectivity index (χ1v) is 10.6. The first kappa shape index (κ1) is 24.2. The normalized spacial score (nSPS) is 12.0. The fraction of sp³-hybridized carbons (Fsp3) is 0.353. The van der Waals surface area contributed by atoms with E-state index in [1.165, 1.54) is 29.7 Å². The van der Waals surface area contributed by atoms with Crippen LogP contribution in [0.15, 0.2) is 45.6 Å². The van der Waals surface area contributed by atoms with Gasteiger partial charge in [-0.05, 0) is 23.8 Å². The maximum Gasteiger partial charge on any atom is 0.252 e. The zero-order valence-corrected chi connectivity index (χ0v) is 20.4. The second kappa shape index (κ2) is 10.6. The second-order valence-corrected chi connectivity index (χ2v) is 9.81. The minimum atomic E-state index is -3.39. The highest BCUT2D eigenvalue weighted by Crippen LogP contribution is 2.23. The van der Waals surface area contributed by atoms with Crippen molar-refractivity contribution in [1.82, 2.24) is 14.5 Å². The molecule has 0 saturated heterocycles. The zero-order valence-electron chi connectivity index (χ0n) is 15.6. The Balaban J connectivity index is 0.00000364. The topological polar surface area (TPSA) is 65.0 Å². The summed E-state index contributed by atoms with van der Waals surface area (Å²) in [6.45, 7) is 1.11. The number of nitrogens with one attached hydrogen (secondary N) is 1. The van der Waals surface area contributed by atoms with Gasteiger partial charge in [0.15, 0.2) is 5.96 Å². The molecule has 0 unspecified atom stereocenters. The van der Waals surface area contributed by atoms with Crippen LogP contribution in [0.25, 0.3) is 0 Å². The van der Waals surface area contributed by atoms with Crippen molar-refractivity contribution < 1.29 is 8.42 Å². The Morgan fingerprint density at radius 1 is 1.19 bits per heavy atom. The summed E-state index contributed by atoms with van der Waals surface area (Å²) < 4.78 is 25.9. The molecule has 0 radical (unpaired) electrons. The number of rotatable bonds is 6. The van der Waals surface area contributed by atoms with Gasteiger partial charge in [-0.25, -0.2) is 12.7 Å². The van der Waals surface area contributed by atoms with Crippen molar-refractivity contribution in [2.24, 2.45) is 4.99 Å². The largest absolute Gasteiger partial charge is 0.351 e. The van der Waals surface area contributed by atoms with E-state index in [4.69, 9.17) is 11.6 Å². The van der Waals surface area contributed by atoms with Gasteiger partial charge in [-0.3, -0.25) is 4.99 Å². The number of benzene rings is 1. The van der Waals surface area contributed by atoms with Crippen LogP contribution in [0.3, 0.4) is 0 Å². The predicted octanol–water partition coefficient (Wildman–Crippen LogP) is 3.48. The highest BCUT2D eigenvalue weighted by Gasteiger charge is 2.19. The molecule has 1 aromatic heterocycles. The average molecular weight is 543 g/mol. The Kier molecular flexibility index (Phi) is 9.49. The number of thiophene rings is 1. The Morgan fingerprint density at radius 2 is 1.85 bits per heavy atom. The molecule has 0 aliphatic heterocycles. The fourth-order valence-corrected chi connectivity index (χ4v) is 4.94. The summed E-state index contributed by atoms with van der Waals surface area (Å²) in [6, 6.07) is 11.1. The Morgan fingerprint density at radius 3 is 2.44 bits per heavy atom. The minimum Gasteiger partial charge on any atom is -0.351 e. The lowest BCUT2D eigenvalue weighted by Crippen LogP contribution is -2.37. The zero-order chi connectivity index (χ0) is 19.3. The van der Waals surface area contributed by atoms with Crippen molar-refractivity contribution in [3.8, 4) is 0 Å². The van der Waals surface area contributed by atoms with E-state index in [9.17, 15) is 8.42 Å². The summed E-state index contributed by atoms with van der Waals surface area (Å²) in [5.74, 6) is 0.704. The SMILES string of the molecule is CN=C(NCc1ccc(S(=O)(=O)N(C)C)s1)N(C)Cc1ccccc1Cl.I. The number of hydrogen-bond acceptors (Lipinski definition) is 4. The van der Waals surface area contributed by atoms with E-state index in [-0.39, 0.29) is 24.0 Å². The molecule has 0 bridgehead atoms. The van der Waals surface area contributed by atoms with Crippen LogP contribution < -0.4 is 5.32 Å². The number of halogens is 2. The number of hydrogen-bond donors (Lipinski definition) is 1. The third-order valence-corrected chi connectivity index (χ3v) is 7.47. The van der Waals surface area contributed by atoms with Gasteiger partial charge in [-0.1, -0.05) is 29.8 Å². The van der Waals surface area contributed by atoms with Crippen molar-refractivity contribution in [2.75, 3.05) is 28.2 Å². The molecule has 1 heterocycles. The third-order valence-electron chi connectivity index (χ3n) is 3.73. The number of aliphatic imine (C=N–C) groups is 1. The third kappa shape index (κ3) is 6.31. The van der Waals surface area contributed by atoms with Gasteiger partial charge < -0.3 is 10.2 Å². The van der Waals surface area contributed by atoms with Gasteiger partial charge in [-0.2, -0.15) is 0 Å². The maximum atomic E-state index is 12.2. The smallest absolute Gasteiger partial charge is 0.252 e. The predicted molar refractivity (Wildman–Crippen MR) is 124 cm³/mol. The second-order valence-electron chi connectivity index (χ2n) is 5.86. The fourth-order valence-electron chi connectivity index (χ4n) is 2.28. The van der Waals surface area contributed by atoms with Crippen molar-refractivity contribution in [3.63, 3.8) is 0 Å². The molecule has 1 aromatic carbocycles. The molecule has 0 aliphatic rings. The van der Waals surface area contributed by atoms with Gasteiger partial charge in [0.05, 0.1) is 6.54 Å². The number of guanidine groups is 1. The van der Waals surface area contributed by atoms with Gasteiger partial charge in [0.25, 0.3) is 10.0 Å². The van der Waals surface area contributed by atoms with E-state index >= 15 is 0 Å². The van der Waals surface area contributed by atoms with E-state index in [0.29, 0.717) is 28.3 Å². The molecular weight excluding hydrogens is 519 g/mol. The van der Waals surface area contributed by atoms with E-state index in [1.54, 1.807) is 13.1 Å². The minimum absolute atomic E-state index is 0. The lowest BCUT2D eigenvalue weighted by Gasteiger charge is -2.22. The van der Waals surface area contributed by atoms with E-state index in [2.05, 4.69) is 10.3 Å². The molecule has 0 fully saturated rings.